The molecule has 0 aliphatic rings. The number of carbonyl (C=O) groups is 2. The van der Waals surface area contributed by atoms with E-state index in [2.05, 4.69) is 4.98 Å². The molecule has 5 nitrogen and oxygen atoms in total. The number of rotatable bonds is 4. The third kappa shape index (κ3) is 3.76. The van der Waals surface area contributed by atoms with Crippen LogP contribution in [0.1, 0.15) is 22.8 Å². The van der Waals surface area contributed by atoms with Crippen LogP contribution in [0.3, 0.4) is 0 Å². The lowest BCUT2D eigenvalue weighted by Crippen LogP contribution is -2.12. The van der Waals surface area contributed by atoms with Gasteiger partial charge < -0.3 is 9.84 Å². The molecule has 2 aromatic rings. The van der Waals surface area contributed by atoms with E-state index < -0.39 is 11.9 Å². The number of ether oxygens (including phenoxy) is 1. The first-order valence-corrected chi connectivity index (χ1v) is 6.21. The number of hydrogen-bond acceptors (Lipinski definition) is 4. The summed E-state index contributed by atoms with van der Waals surface area (Å²) in [6.45, 7) is 1.60. The Labute approximate surface area is 121 Å². The average Bonchev–Trinajstić information content (AvgIpc) is 2.48. The molecule has 21 heavy (non-hydrogen) atoms. The Morgan fingerprint density at radius 2 is 1.95 bits per heavy atom. The number of aromatic nitrogens is 1. The normalized spacial score (nSPS) is 11.0. The van der Waals surface area contributed by atoms with Gasteiger partial charge in [0.2, 0.25) is 0 Å². The number of carboxylic acid groups (broad SMARTS) is 1. The average molecular weight is 283 g/mol. The van der Waals surface area contributed by atoms with Crippen molar-refractivity contribution in [1.82, 2.24) is 4.98 Å². The first kappa shape index (κ1) is 14.5. The molecule has 1 heterocycles. The number of benzene rings is 1. The summed E-state index contributed by atoms with van der Waals surface area (Å²) in [5, 5.41) is 9.04. The zero-order chi connectivity index (χ0) is 15.2. The van der Waals surface area contributed by atoms with E-state index >= 15 is 0 Å². The lowest BCUT2D eigenvalue weighted by atomic mass is 10.2. The van der Waals surface area contributed by atoms with E-state index in [9.17, 15) is 9.59 Å². The number of nitrogens with zero attached hydrogens (tertiary/aromatic N) is 1. The van der Waals surface area contributed by atoms with Gasteiger partial charge in [-0.1, -0.05) is 18.2 Å². The van der Waals surface area contributed by atoms with Gasteiger partial charge in [-0.05, 0) is 36.8 Å². The van der Waals surface area contributed by atoms with Gasteiger partial charge in [0.1, 0.15) is 11.3 Å². The van der Waals surface area contributed by atoms with Gasteiger partial charge in [0.05, 0.1) is 0 Å². The van der Waals surface area contributed by atoms with Crippen LogP contribution in [0.25, 0.3) is 6.08 Å². The van der Waals surface area contributed by atoms with Crippen LogP contribution in [-0.4, -0.2) is 22.0 Å². The van der Waals surface area contributed by atoms with E-state index in [-0.39, 0.29) is 11.3 Å². The summed E-state index contributed by atoms with van der Waals surface area (Å²) < 4.78 is 5.13. The Hall–Kier alpha value is -2.95. The number of carboxylic acids is 1. The Balaban J connectivity index is 2.19. The second kappa shape index (κ2) is 6.47. The topological polar surface area (TPSA) is 76.5 Å². The van der Waals surface area contributed by atoms with Gasteiger partial charge in [-0.25, -0.2) is 9.59 Å². The maximum absolute atomic E-state index is 12.0. The molecule has 0 unspecified atom stereocenters. The second-order valence-corrected chi connectivity index (χ2v) is 4.30. The van der Waals surface area contributed by atoms with E-state index in [0.29, 0.717) is 5.57 Å². The van der Waals surface area contributed by atoms with Gasteiger partial charge in [0, 0.05) is 18.0 Å². The Kier molecular flexibility index (Phi) is 4.46. The minimum absolute atomic E-state index is 0.0222. The molecular weight excluding hydrogens is 270 g/mol. The fraction of sp³-hybridized carbons (Fsp3) is 0.0625. The van der Waals surface area contributed by atoms with Crippen LogP contribution in [0.15, 0.2) is 54.4 Å². The Morgan fingerprint density at radius 1 is 1.19 bits per heavy atom. The van der Waals surface area contributed by atoms with E-state index in [0.717, 1.165) is 5.56 Å². The van der Waals surface area contributed by atoms with Crippen LogP contribution in [-0.2, 0) is 4.79 Å². The number of pyridine rings is 1. The van der Waals surface area contributed by atoms with Crippen LogP contribution in [0.4, 0.5) is 0 Å². The standard InChI is InChI=1S/C16H13NO4/c1-11(9-12-5-4-8-17-10-12)16(20)21-14-7-3-2-6-13(14)15(18)19/h2-10H,1H3,(H,18,19). The SMILES string of the molecule is CC(=Cc1cccnc1)C(=O)Oc1ccccc1C(=O)O. The molecule has 106 valence electrons. The van der Waals surface area contributed by atoms with Crippen molar-refractivity contribution in [2.45, 2.75) is 6.92 Å². The van der Waals surface area contributed by atoms with Crippen molar-refractivity contribution in [3.8, 4) is 5.75 Å². The molecule has 0 atom stereocenters. The summed E-state index contributed by atoms with van der Waals surface area (Å²) in [6, 6.07) is 9.55. The fourth-order valence-electron chi connectivity index (χ4n) is 1.68. The van der Waals surface area contributed by atoms with Gasteiger partial charge in [-0.2, -0.15) is 0 Å². The maximum Gasteiger partial charge on any atom is 0.339 e. The molecule has 2 rings (SSSR count). The van der Waals surface area contributed by atoms with Crippen LogP contribution in [0, 0.1) is 0 Å². The Bertz CT molecular complexity index is 692. The largest absolute Gasteiger partial charge is 0.478 e. The molecule has 1 aromatic heterocycles. The second-order valence-electron chi connectivity index (χ2n) is 4.30. The lowest BCUT2D eigenvalue weighted by Gasteiger charge is -2.07. The molecule has 0 saturated carbocycles. The number of aromatic carboxylic acids is 1. The van der Waals surface area contributed by atoms with Crippen molar-refractivity contribution in [2.24, 2.45) is 0 Å². The maximum atomic E-state index is 12.0. The minimum atomic E-state index is -1.15. The predicted molar refractivity (Wildman–Crippen MR) is 76.9 cm³/mol. The summed E-state index contributed by atoms with van der Waals surface area (Å²) in [4.78, 5) is 27.0. The zero-order valence-corrected chi connectivity index (χ0v) is 11.3. The molecule has 0 aliphatic heterocycles. The highest BCUT2D eigenvalue weighted by Gasteiger charge is 2.14. The lowest BCUT2D eigenvalue weighted by molar-refractivity contribution is -0.130. The van der Waals surface area contributed by atoms with Crippen molar-refractivity contribution in [3.63, 3.8) is 0 Å². The van der Waals surface area contributed by atoms with Gasteiger partial charge in [0.15, 0.2) is 0 Å². The summed E-state index contributed by atoms with van der Waals surface area (Å²) in [7, 11) is 0. The third-order valence-corrected chi connectivity index (χ3v) is 2.71. The molecule has 0 bridgehead atoms. The molecule has 0 amide bonds. The van der Waals surface area contributed by atoms with E-state index in [1.54, 1.807) is 49.7 Å². The van der Waals surface area contributed by atoms with Gasteiger partial charge in [0.25, 0.3) is 0 Å². The summed E-state index contributed by atoms with van der Waals surface area (Å²) in [6.07, 6.45) is 4.87. The number of carbonyl (C=O) groups excluding carboxylic acids is 1. The molecule has 1 aromatic carbocycles. The van der Waals surface area contributed by atoms with Crippen molar-refractivity contribution in [2.75, 3.05) is 0 Å². The number of esters is 1. The predicted octanol–water partition coefficient (Wildman–Crippen LogP) is 2.79. The zero-order valence-electron chi connectivity index (χ0n) is 11.3. The van der Waals surface area contributed by atoms with E-state index in [1.807, 2.05) is 0 Å². The van der Waals surface area contributed by atoms with Crippen molar-refractivity contribution < 1.29 is 19.4 Å². The highest BCUT2D eigenvalue weighted by molar-refractivity contribution is 5.97. The van der Waals surface area contributed by atoms with Crippen LogP contribution < -0.4 is 4.74 Å². The molecule has 0 saturated heterocycles. The van der Waals surface area contributed by atoms with Crippen molar-refractivity contribution in [1.29, 1.82) is 0 Å². The smallest absolute Gasteiger partial charge is 0.339 e. The summed E-state index contributed by atoms with van der Waals surface area (Å²) in [5.74, 6) is -1.73. The Morgan fingerprint density at radius 3 is 2.62 bits per heavy atom. The fourth-order valence-corrected chi connectivity index (χ4v) is 1.68. The van der Waals surface area contributed by atoms with Crippen LogP contribution in [0.2, 0.25) is 0 Å². The molecule has 5 heteroatoms. The van der Waals surface area contributed by atoms with E-state index in [4.69, 9.17) is 9.84 Å². The van der Waals surface area contributed by atoms with Crippen LogP contribution >= 0.6 is 0 Å². The quantitative estimate of drug-likeness (QED) is 0.530. The molecule has 0 radical (unpaired) electrons. The highest BCUT2D eigenvalue weighted by Crippen LogP contribution is 2.19. The van der Waals surface area contributed by atoms with E-state index in [1.165, 1.54) is 12.1 Å². The molecular formula is C16H13NO4. The monoisotopic (exact) mass is 283 g/mol. The van der Waals surface area contributed by atoms with Crippen molar-refractivity contribution in [3.05, 3.63) is 65.5 Å². The number of hydrogen-bond donors (Lipinski definition) is 1. The number of para-hydroxylation sites is 1. The van der Waals surface area contributed by atoms with Gasteiger partial charge >= 0.3 is 11.9 Å². The first-order valence-electron chi connectivity index (χ1n) is 6.21. The molecule has 1 N–H and O–H groups in total. The van der Waals surface area contributed by atoms with Gasteiger partial charge in [-0.3, -0.25) is 4.98 Å². The third-order valence-electron chi connectivity index (χ3n) is 2.71. The summed E-state index contributed by atoms with van der Waals surface area (Å²) >= 11 is 0. The molecule has 0 spiro atoms. The van der Waals surface area contributed by atoms with Crippen LogP contribution in [0.5, 0.6) is 5.75 Å². The molecule has 0 fully saturated rings. The minimum Gasteiger partial charge on any atom is -0.478 e. The highest BCUT2D eigenvalue weighted by atomic mass is 16.5. The van der Waals surface area contributed by atoms with Crippen molar-refractivity contribution >= 4 is 18.0 Å². The van der Waals surface area contributed by atoms with Gasteiger partial charge in [-0.15, -0.1) is 0 Å². The first-order chi connectivity index (χ1) is 10.1. The molecule has 0 aliphatic carbocycles. The summed E-state index contributed by atoms with van der Waals surface area (Å²) in [5.41, 5.74) is 1.06.